The second kappa shape index (κ2) is 8.14. The van der Waals surface area contributed by atoms with Crippen LogP contribution in [0, 0.1) is 0 Å². The van der Waals surface area contributed by atoms with Gasteiger partial charge >= 0.3 is 0 Å². The van der Waals surface area contributed by atoms with Gasteiger partial charge in [-0.1, -0.05) is 13.0 Å². The molecule has 2 heterocycles. The number of carbonyl (C=O) groups is 2. The van der Waals surface area contributed by atoms with Crippen LogP contribution in [0.2, 0.25) is 0 Å². The lowest BCUT2D eigenvalue weighted by atomic mass is 10.1. The topological polar surface area (TPSA) is 76.5 Å². The molecule has 138 valence electrons. The molecule has 0 unspecified atom stereocenters. The first-order chi connectivity index (χ1) is 12.6. The van der Waals surface area contributed by atoms with Gasteiger partial charge < -0.3 is 19.5 Å². The number of rotatable bonds is 5. The molecule has 1 aromatic heterocycles. The number of nitrogens with zero attached hydrogens (tertiary/aromatic N) is 3. The molecule has 1 N–H and O–H groups in total. The van der Waals surface area contributed by atoms with E-state index in [0.717, 1.165) is 12.2 Å². The fraction of sp³-hybridized carbons (Fsp3) is 0.421. The van der Waals surface area contributed by atoms with Crippen molar-refractivity contribution in [2.75, 3.05) is 31.6 Å². The van der Waals surface area contributed by atoms with E-state index < -0.39 is 0 Å². The molecule has 0 bridgehead atoms. The Morgan fingerprint density at radius 2 is 2.08 bits per heavy atom. The van der Waals surface area contributed by atoms with Crippen molar-refractivity contribution in [3.8, 4) is 0 Å². The smallest absolute Gasteiger partial charge is 0.254 e. The Balaban J connectivity index is 1.70. The summed E-state index contributed by atoms with van der Waals surface area (Å²) in [6, 6.07) is 6.67. The van der Waals surface area contributed by atoms with Crippen molar-refractivity contribution in [1.82, 2.24) is 14.5 Å². The lowest BCUT2D eigenvalue weighted by Gasteiger charge is -2.27. The molecule has 7 heteroatoms. The predicted octanol–water partition coefficient (Wildman–Crippen LogP) is 2.12. The molecule has 0 spiro atoms. The largest absolute Gasteiger partial charge is 0.378 e. The molecular formula is C19H24N4O3. The molecule has 1 saturated heterocycles. The number of morpholine rings is 1. The maximum atomic E-state index is 12.6. The number of imidazole rings is 1. The van der Waals surface area contributed by atoms with Gasteiger partial charge in [0, 0.05) is 43.2 Å². The van der Waals surface area contributed by atoms with Gasteiger partial charge in [0.25, 0.3) is 5.91 Å². The summed E-state index contributed by atoms with van der Waals surface area (Å²) in [5.74, 6) is 0.679. The number of aromatic nitrogens is 2. The third-order valence-corrected chi connectivity index (χ3v) is 4.54. The molecule has 1 aromatic carbocycles. The minimum atomic E-state index is -0.383. The third kappa shape index (κ3) is 3.94. The van der Waals surface area contributed by atoms with Crippen molar-refractivity contribution in [1.29, 1.82) is 0 Å². The van der Waals surface area contributed by atoms with Crippen LogP contribution < -0.4 is 5.32 Å². The Bertz CT molecular complexity index is 781. The van der Waals surface area contributed by atoms with Crippen LogP contribution in [0.3, 0.4) is 0 Å². The number of carbonyl (C=O) groups excluding carboxylic acids is 2. The molecular weight excluding hydrogens is 332 g/mol. The van der Waals surface area contributed by atoms with Crippen LogP contribution in [0.5, 0.6) is 0 Å². The molecule has 7 nitrogen and oxygen atoms in total. The van der Waals surface area contributed by atoms with Crippen LogP contribution in [0.25, 0.3) is 0 Å². The highest BCUT2D eigenvalue weighted by Crippen LogP contribution is 2.17. The van der Waals surface area contributed by atoms with Gasteiger partial charge in [-0.3, -0.25) is 9.59 Å². The Morgan fingerprint density at radius 1 is 1.31 bits per heavy atom. The molecule has 3 rings (SSSR count). The maximum absolute atomic E-state index is 12.6. The fourth-order valence-electron chi connectivity index (χ4n) is 3.02. The molecule has 0 radical (unpaired) electrons. The molecule has 1 aliphatic heterocycles. The number of hydrogen-bond acceptors (Lipinski definition) is 4. The van der Waals surface area contributed by atoms with Gasteiger partial charge in [0.1, 0.15) is 11.9 Å². The minimum absolute atomic E-state index is 0.0414. The highest BCUT2D eigenvalue weighted by atomic mass is 16.5. The lowest BCUT2D eigenvalue weighted by Crippen LogP contribution is -2.40. The predicted molar refractivity (Wildman–Crippen MR) is 98.1 cm³/mol. The van der Waals surface area contributed by atoms with Crippen molar-refractivity contribution in [2.24, 2.45) is 0 Å². The van der Waals surface area contributed by atoms with E-state index in [1.54, 1.807) is 41.6 Å². The molecule has 0 saturated carbocycles. The van der Waals surface area contributed by atoms with Gasteiger partial charge in [-0.05, 0) is 25.1 Å². The van der Waals surface area contributed by atoms with Crippen molar-refractivity contribution < 1.29 is 14.3 Å². The number of nitrogens with one attached hydrogen (secondary N) is 1. The minimum Gasteiger partial charge on any atom is -0.378 e. The van der Waals surface area contributed by atoms with E-state index in [1.807, 2.05) is 18.4 Å². The number of amides is 2. The zero-order valence-corrected chi connectivity index (χ0v) is 15.1. The first-order valence-electron chi connectivity index (χ1n) is 8.89. The van der Waals surface area contributed by atoms with Crippen LogP contribution in [-0.2, 0) is 16.0 Å². The molecule has 1 atom stereocenters. The number of anilines is 1. The number of aryl methyl sites for hydroxylation is 1. The molecule has 0 aliphatic carbocycles. The monoisotopic (exact) mass is 356 g/mol. The van der Waals surface area contributed by atoms with E-state index in [4.69, 9.17) is 4.74 Å². The normalized spacial score (nSPS) is 15.5. The van der Waals surface area contributed by atoms with E-state index in [9.17, 15) is 9.59 Å². The van der Waals surface area contributed by atoms with Crippen molar-refractivity contribution >= 4 is 17.5 Å². The van der Waals surface area contributed by atoms with Gasteiger partial charge in [-0.15, -0.1) is 0 Å². The average molecular weight is 356 g/mol. The Morgan fingerprint density at radius 3 is 2.81 bits per heavy atom. The van der Waals surface area contributed by atoms with Crippen LogP contribution >= 0.6 is 0 Å². The standard InChI is InChI=1S/C19H24N4O3/c1-3-17-20-7-8-23(17)14(2)18(24)21-16-6-4-5-15(13-16)19(25)22-9-11-26-12-10-22/h4-8,13-14H,3,9-12H2,1-2H3,(H,21,24)/t14-/m0/s1. The van der Waals surface area contributed by atoms with Crippen LogP contribution in [-0.4, -0.2) is 52.6 Å². The molecule has 1 fully saturated rings. The first kappa shape index (κ1) is 18.1. The van der Waals surface area contributed by atoms with Crippen LogP contribution in [0.15, 0.2) is 36.7 Å². The summed E-state index contributed by atoms with van der Waals surface area (Å²) < 4.78 is 7.14. The summed E-state index contributed by atoms with van der Waals surface area (Å²) in [7, 11) is 0. The highest BCUT2D eigenvalue weighted by Gasteiger charge is 2.20. The Labute approximate surface area is 153 Å². The SMILES string of the molecule is CCc1nccn1[C@@H](C)C(=O)Nc1cccc(C(=O)N2CCOCC2)c1. The van der Waals surface area contributed by atoms with E-state index in [-0.39, 0.29) is 17.9 Å². The number of hydrogen-bond donors (Lipinski definition) is 1. The molecule has 26 heavy (non-hydrogen) atoms. The zero-order chi connectivity index (χ0) is 18.5. The second-order valence-electron chi connectivity index (χ2n) is 6.25. The maximum Gasteiger partial charge on any atom is 0.254 e. The van der Waals surface area contributed by atoms with E-state index in [1.165, 1.54) is 0 Å². The molecule has 1 aliphatic rings. The summed E-state index contributed by atoms with van der Waals surface area (Å²) in [6.07, 6.45) is 4.26. The summed E-state index contributed by atoms with van der Waals surface area (Å²) in [6.45, 7) is 6.14. The van der Waals surface area contributed by atoms with Crippen molar-refractivity contribution in [3.05, 3.63) is 48.0 Å². The van der Waals surface area contributed by atoms with E-state index in [2.05, 4.69) is 10.3 Å². The fourth-order valence-corrected chi connectivity index (χ4v) is 3.02. The van der Waals surface area contributed by atoms with Crippen molar-refractivity contribution in [2.45, 2.75) is 26.3 Å². The van der Waals surface area contributed by atoms with Gasteiger partial charge in [0.2, 0.25) is 5.91 Å². The summed E-state index contributed by atoms with van der Waals surface area (Å²) in [5.41, 5.74) is 1.17. The summed E-state index contributed by atoms with van der Waals surface area (Å²) in [4.78, 5) is 31.2. The van der Waals surface area contributed by atoms with Crippen LogP contribution in [0.4, 0.5) is 5.69 Å². The van der Waals surface area contributed by atoms with Gasteiger partial charge in [0.15, 0.2) is 0 Å². The molecule has 2 aromatic rings. The van der Waals surface area contributed by atoms with Crippen LogP contribution in [0.1, 0.15) is 36.1 Å². The van der Waals surface area contributed by atoms with Gasteiger partial charge in [-0.2, -0.15) is 0 Å². The van der Waals surface area contributed by atoms with E-state index in [0.29, 0.717) is 37.6 Å². The quantitative estimate of drug-likeness (QED) is 0.890. The lowest BCUT2D eigenvalue weighted by molar-refractivity contribution is -0.118. The highest BCUT2D eigenvalue weighted by molar-refractivity contribution is 5.98. The zero-order valence-electron chi connectivity index (χ0n) is 15.1. The third-order valence-electron chi connectivity index (χ3n) is 4.54. The summed E-state index contributed by atoms with van der Waals surface area (Å²) in [5, 5.41) is 2.90. The Hall–Kier alpha value is -2.67. The number of ether oxygens (including phenoxy) is 1. The average Bonchev–Trinajstić information content (AvgIpc) is 3.16. The number of benzene rings is 1. The second-order valence-corrected chi connectivity index (χ2v) is 6.25. The van der Waals surface area contributed by atoms with E-state index >= 15 is 0 Å². The van der Waals surface area contributed by atoms with Gasteiger partial charge in [-0.25, -0.2) is 4.98 Å². The first-order valence-corrected chi connectivity index (χ1v) is 8.89. The molecule has 2 amide bonds. The van der Waals surface area contributed by atoms with Gasteiger partial charge in [0.05, 0.1) is 13.2 Å². The summed E-state index contributed by atoms with van der Waals surface area (Å²) >= 11 is 0. The Kier molecular flexibility index (Phi) is 5.68. The van der Waals surface area contributed by atoms with Crippen molar-refractivity contribution in [3.63, 3.8) is 0 Å².